The third-order valence-corrected chi connectivity index (χ3v) is 17.9. The Bertz CT molecular complexity index is 1180. The Balaban J connectivity index is 1.64. The molecule has 1 fully saturated rings. The lowest BCUT2D eigenvalue weighted by Crippen LogP contribution is -2.34. The third-order valence-electron chi connectivity index (χ3n) is 6.81. The zero-order valence-electron chi connectivity index (χ0n) is 18.7. The predicted molar refractivity (Wildman–Crippen MR) is 155 cm³/mol. The molecule has 4 aromatic rings. The zero-order chi connectivity index (χ0) is 23.6. The zero-order valence-corrected chi connectivity index (χ0v) is 22.2. The Hall–Kier alpha value is -2.15. The van der Waals surface area contributed by atoms with Gasteiger partial charge in [0.15, 0.2) is 0 Å². The molecule has 4 aromatic carbocycles. The SMILES string of the molecule is O=C1[C@@H](P(=S)(c2ccccc2)c2ccccc2)CC[C@@H]1P(=S)(c1ccccc1)c1ccccc1. The van der Waals surface area contributed by atoms with Crippen LogP contribution in [0.15, 0.2) is 121 Å². The van der Waals surface area contributed by atoms with Crippen molar-refractivity contribution in [3.8, 4) is 0 Å². The summed E-state index contributed by atoms with van der Waals surface area (Å²) in [7, 11) is 0. The maximum absolute atomic E-state index is 14.4. The molecule has 0 aliphatic heterocycles. The summed E-state index contributed by atoms with van der Waals surface area (Å²) >= 11 is 13.1. The molecule has 0 radical (unpaired) electrons. The highest BCUT2D eigenvalue weighted by Gasteiger charge is 2.49. The summed E-state index contributed by atoms with van der Waals surface area (Å²) in [5.41, 5.74) is -0.376. The van der Waals surface area contributed by atoms with Gasteiger partial charge in [0.05, 0.1) is 11.3 Å². The van der Waals surface area contributed by atoms with Crippen molar-refractivity contribution in [2.24, 2.45) is 0 Å². The van der Waals surface area contributed by atoms with Gasteiger partial charge < -0.3 is 0 Å². The fourth-order valence-electron chi connectivity index (χ4n) is 5.16. The van der Waals surface area contributed by atoms with Gasteiger partial charge in [-0.15, -0.1) is 0 Å². The van der Waals surface area contributed by atoms with Gasteiger partial charge in [0.2, 0.25) is 0 Å². The topological polar surface area (TPSA) is 17.1 Å². The average molecular weight is 517 g/mol. The second-order valence-electron chi connectivity index (χ2n) is 8.67. The molecule has 0 spiro atoms. The summed E-state index contributed by atoms with van der Waals surface area (Å²) in [4.78, 5) is 14.4. The molecule has 1 aliphatic carbocycles. The smallest absolute Gasteiger partial charge is 0.150 e. The lowest BCUT2D eigenvalue weighted by atomic mass is 10.3. The van der Waals surface area contributed by atoms with Gasteiger partial charge in [0, 0.05) is 12.1 Å². The van der Waals surface area contributed by atoms with E-state index in [0.29, 0.717) is 0 Å². The normalized spacial score (nSPS) is 18.6. The van der Waals surface area contributed by atoms with Crippen LogP contribution in [0.3, 0.4) is 0 Å². The first-order valence-corrected chi connectivity index (χ1v) is 17.3. The standard InChI is InChI=1S/C29H26OP2S2/c30-29-27(31(33,23-13-5-1-6-14-23)24-15-7-2-8-16-24)21-22-28(29)32(34,25-17-9-3-10-18-25)26-19-11-4-12-20-26/h1-20,27-28H,21-22H2/t27-,28-/m0/s1. The number of carbonyl (C=O) groups excluding carboxylic acids is 1. The van der Waals surface area contributed by atoms with Crippen LogP contribution in [0.2, 0.25) is 0 Å². The number of hydrogen-bond donors (Lipinski definition) is 0. The molecule has 0 unspecified atom stereocenters. The molecule has 0 aromatic heterocycles. The van der Waals surface area contributed by atoms with Gasteiger partial charge in [-0.2, -0.15) is 0 Å². The second kappa shape index (κ2) is 9.84. The van der Waals surface area contributed by atoms with Gasteiger partial charge in [-0.25, -0.2) is 0 Å². The molecule has 1 aliphatic rings. The van der Waals surface area contributed by atoms with Crippen LogP contribution >= 0.6 is 12.1 Å². The van der Waals surface area contributed by atoms with E-state index in [-0.39, 0.29) is 17.1 Å². The maximum atomic E-state index is 14.4. The van der Waals surface area contributed by atoms with E-state index in [2.05, 4.69) is 48.5 Å². The summed E-state index contributed by atoms with van der Waals surface area (Å²) in [6.45, 7) is 0. The Labute approximate surface area is 212 Å². The third kappa shape index (κ3) is 4.00. The van der Waals surface area contributed by atoms with Crippen molar-refractivity contribution in [3.05, 3.63) is 121 Å². The number of rotatable bonds is 6. The van der Waals surface area contributed by atoms with Crippen molar-refractivity contribution < 1.29 is 4.79 Å². The van der Waals surface area contributed by atoms with Gasteiger partial charge in [-0.1, -0.05) is 145 Å². The lowest BCUT2D eigenvalue weighted by Gasteiger charge is -2.32. The molecule has 5 heteroatoms. The Morgan fingerprint density at radius 2 is 0.706 bits per heavy atom. The molecule has 0 saturated heterocycles. The molecule has 1 saturated carbocycles. The fraction of sp³-hybridized carbons (Fsp3) is 0.138. The molecule has 0 amide bonds. The van der Waals surface area contributed by atoms with E-state index in [1.807, 2.05) is 72.8 Å². The van der Waals surface area contributed by atoms with E-state index < -0.39 is 12.1 Å². The molecule has 0 bridgehead atoms. The summed E-state index contributed by atoms with van der Waals surface area (Å²) in [5, 5.41) is 4.46. The van der Waals surface area contributed by atoms with Crippen molar-refractivity contribution in [2.45, 2.75) is 24.2 Å². The van der Waals surface area contributed by atoms with E-state index in [1.165, 1.54) is 0 Å². The van der Waals surface area contributed by atoms with Crippen molar-refractivity contribution >= 4 is 62.7 Å². The van der Waals surface area contributed by atoms with Crippen molar-refractivity contribution in [1.29, 1.82) is 0 Å². The Morgan fingerprint density at radius 1 is 0.471 bits per heavy atom. The quantitative estimate of drug-likeness (QED) is 0.322. The van der Waals surface area contributed by atoms with Gasteiger partial charge in [-0.05, 0) is 34.1 Å². The largest absolute Gasteiger partial charge is 0.298 e. The van der Waals surface area contributed by atoms with Gasteiger partial charge in [-0.3, -0.25) is 4.79 Å². The molecule has 2 atom stereocenters. The molecular weight excluding hydrogens is 490 g/mol. The van der Waals surface area contributed by atoms with Crippen LogP contribution < -0.4 is 21.2 Å². The molecule has 5 rings (SSSR count). The lowest BCUT2D eigenvalue weighted by molar-refractivity contribution is -0.116. The molecule has 0 heterocycles. The summed E-state index contributed by atoms with van der Waals surface area (Å²) in [6, 6.07) is 36.5. The van der Waals surface area contributed by atoms with Crippen LogP contribution in [0.25, 0.3) is 0 Å². The van der Waals surface area contributed by atoms with Gasteiger partial charge in [0.1, 0.15) is 5.78 Å². The number of carbonyl (C=O) groups is 1. The van der Waals surface area contributed by atoms with Crippen LogP contribution in [0, 0.1) is 0 Å². The Morgan fingerprint density at radius 3 is 0.941 bits per heavy atom. The molecule has 170 valence electrons. The van der Waals surface area contributed by atoms with Crippen molar-refractivity contribution in [2.75, 3.05) is 0 Å². The van der Waals surface area contributed by atoms with E-state index in [4.69, 9.17) is 23.6 Å². The number of hydrogen-bond acceptors (Lipinski definition) is 3. The molecule has 0 N–H and O–H groups in total. The van der Waals surface area contributed by atoms with Crippen LogP contribution in [0.5, 0.6) is 0 Å². The van der Waals surface area contributed by atoms with Crippen molar-refractivity contribution in [1.82, 2.24) is 0 Å². The average Bonchev–Trinajstić information content (AvgIpc) is 3.32. The van der Waals surface area contributed by atoms with Crippen molar-refractivity contribution in [3.63, 3.8) is 0 Å². The number of Topliss-reactive ketones (excluding diaryl/α,β-unsaturated/α-hetero) is 1. The highest BCUT2D eigenvalue weighted by atomic mass is 32.4. The van der Waals surface area contributed by atoms with Crippen LogP contribution in [0.1, 0.15) is 12.8 Å². The fourth-order valence-corrected chi connectivity index (χ4v) is 14.6. The highest BCUT2D eigenvalue weighted by molar-refractivity contribution is 8.23. The summed E-state index contributed by atoms with van der Waals surface area (Å²) < 4.78 is 0. The van der Waals surface area contributed by atoms with E-state index in [9.17, 15) is 4.79 Å². The van der Waals surface area contributed by atoms with Crippen LogP contribution in [-0.2, 0) is 28.4 Å². The van der Waals surface area contributed by atoms with Crippen LogP contribution in [0.4, 0.5) is 0 Å². The Kier molecular flexibility index (Phi) is 6.83. The first-order chi connectivity index (χ1) is 16.6. The maximum Gasteiger partial charge on any atom is 0.150 e. The van der Waals surface area contributed by atoms with Crippen LogP contribution in [-0.4, -0.2) is 17.1 Å². The molecule has 34 heavy (non-hydrogen) atoms. The van der Waals surface area contributed by atoms with E-state index in [1.54, 1.807) is 0 Å². The van der Waals surface area contributed by atoms with Gasteiger partial charge >= 0.3 is 0 Å². The first-order valence-electron chi connectivity index (χ1n) is 11.5. The molecular formula is C29H26OP2S2. The highest BCUT2D eigenvalue weighted by Crippen LogP contribution is 2.61. The minimum absolute atomic E-state index is 0.188. The van der Waals surface area contributed by atoms with Gasteiger partial charge in [0.25, 0.3) is 0 Å². The second-order valence-corrected chi connectivity index (χ2v) is 18.1. The van der Waals surface area contributed by atoms with E-state index in [0.717, 1.165) is 34.1 Å². The minimum Gasteiger partial charge on any atom is -0.298 e. The number of ketones is 1. The predicted octanol–water partition coefficient (Wildman–Crippen LogP) is 5.35. The van der Waals surface area contributed by atoms with E-state index >= 15 is 0 Å². The minimum atomic E-state index is -2.36. The summed E-state index contributed by atoms with van der Waals surface area (Å²) in [5.74, 6) is 0.270. The summed E-state index contributed by atoms with van der Waals surface area (Å²) in [6.07, 6.45) is 1.59. The number of benzene rings is 4. The first kappa shape index (κ1) is 23.6. The molecule has 1 nitrogen and oxygen atoms in total. The monoisotopic (exact) mass is 516 g/mol.